The molecule has 0 fully saturated rings. The number of hydrogen-bond donors (Lipinski definition) is 0. The Morgan fingerprint density at radius 1 is 0.262 bits per heavy atom. The van der Waals surface area contributed by atoms with Crippen LogP contribution in [0.4, 0.5) is 34.1 Å². The first-order valence-electron chi connectivity index (χ1n) is 41.3. The zero-order chi connectivity index (χ0) is 80.6. The number of aromatic nitrogens is 3. The molecule has 1 unspecified atom stereocenters. The number of pyridine rings is 1. The lowest BCUT2D eigenvalue weighted by atomic mass is 9.88. The predicted octanol–water partition coefficient (Wildman–Crippen LogP) is 31.5. The largest absolute Gasteiger partial charge is 0.456 e. The molecule has 6 heterocycles. The lowest BCUT2D eigenvalue weighted by Gasteiger charge is -2.26. The molecule has 6 aromatic heterocycles. The van der Waals surface area contributed by atoms with Crippen LogP contribution in [0, 0.1) is 0 Å². The molecule has 24 rings (SSSR count). The van der Waals surface area contributed by atoms with Crippen LogP contribution in [-0.4, -0.2) is 15.0 Å². The van der Waals surface area contributed by atoms with Gasteiger partial charge in [0, 0.05) is 111 Å². The van der Waals surface area contributed by atoms with E-state index < -0.39 is 0 Å². The monoisotopic (exact) mass is 1560 g/mol. The predicted molar refractivity (Wildman–Crippen MR) is 503 cm³/mol. The maximum atomic E-state index is 6.42. The second-order valence-electron chi connectivity index (χ2n) is 31.3. The third-order valence-electron chi connectivity index (χ3n) is 24.1. The molecule has 17 aromatic carbocycles. The minimum absolute atomic E-state index is 0.336. The van der Waals surface area contributed by atoms with Gasteiger partial charge >= 0.3 is 0 Å². The minimum Gasteiger partial charge on any atom is -0.456 e. The third-order valence-corrected chi connectivity index (χ3v) is 24.1. The number of allylic oxidation sites excluding steroid dienone is 4. The van der Waals surface area contributed by atoms with Crippen LogP contribution in [0.25, 0.3) is 182 Å². The number of hydrogen-bond acceptors (Lipinski definition) is 9. The van der Waals surface area contributed by atoms with Crippen LogP contribution in [0.1, 0.15) is 23.5 Å². The number of para-hydroxylation sites is 4. The highest BCUT2D eigenvalue weighted by Gasteiger charge is 2.23. The highest BCUT2D eigenvalue weighted by Crippen LogP contribution is 2.46. The SMILES string of the molecule is C1=CC(c2ccc(N(c3ccc(-c4ccc(-c5ccccc5)cc4)cc3)c3ccc(-c4cc5c(cn4)oc4cc6ccccc6cc45)cc3)cc2)CC=C1c1ccccc1.c1ccc2c(c1)oc1c(-c3ccc(N(c4ccc(-c5ccc6oc7cc8cncnc8cc7c6c5)cc4)c4ccc(-c5cccc6c5oc5ccccc56)cc4)cc3)cccc12. The van der Waals surface area contributed by atoms with Crippen LogP contribution in [0.2, 0.25) is 0 Å². The normalized spacial score (nSPS) is 12.8. The van der Waals surface area contributed by atoms with Gasteiger partial charge in [0.2, 0.25) is 0 Å². The topological polar surface area (TPSA) is 97.7 Å². The van der Waals surface area contributed by atoms with Gasteiger partial charge in [0.05, 0.1) is 17.4 Å². The first-order chi connectivity index (χ1) is 60.4. The molecule has 1 aliphatic carbocycles. The van der Waals surface area contributed by atoms with Gasteiger partial charge in [-0.25, -0.2) is 9.97 Å². The zero-order valence-corrected chi connectivity index (χ0v) is 66.1. The minimum atomic E-state index is 0.336. The summed E-state index contributed by atoms with van der Waals surface area (Å²) in [7, 11) is 0. The van der Waals surface area contributed by atoms with Gasteiger partial charge in [-0.2, -0.15) is 0 Å². The summed E-state index contributed by atoms with van der Waals surface area (Å²) in [4.78, 5) is 18.2. The van der Waals surface area contributed by atoms with Crippen LogP contribution in [0.5, 0.6) is 0 Å². The summed E-state index contributed by atoms with van der Waals surface area (Å²) < 4.78 is 25.4. The van der Waals surface area contributed by atoms with Crippen molar-refractivity contribution in [2.45, 2.75) is 12.3 Å². The van der Waals surface area contributed by atoms with Gasteiger partial charge in [-0.15, -0.1) is 0 Å². The second-order valence-corrected chi connectivity index (χ2v) is 31.3. The van der Waals surface area contributed by atoms with E-state index in [1.807, 2.05) is 42.7 Å². The summed E-state index contributed by atoms with van der Waals surface area (Å²) in [5.74, 6) is 0.336. The molecule has 23 aromatic rings. The lowest BCUT2D eigenvalue weighted by molar-refractivity contribution is 0.667. The Labute approximate surface area is 702 Å². The Hall–Kier alpha value is -16.2. The van der Waals surface area contributed by atoms with Gasteiger partial charge in [-0.05, 0) is 206 Å². The molecule has 0 spiro atoms. The van der Waals surface area contributed by atoms with Crippen molar-refractivity contribution in [3.8, 4) is 66.9 Å². The first kappa shape index (κ1) is 71.1. The zero-order valence-electron chi connectivity index (χ0n) is 66.1. The smallest absolute Gasteiger partial charge is 0.153 e. The van der Waals surface area contributed by atoms with Crippen molar-refractivity contribution in [3.05, 3.63) is 436 Å². The Morgan fingerprint density at radius 2 is 0.680 bits per heavy atom. The number of rotatable bonds is 14. The van der Waals surface area contributed by atoms with Crippen LogP contribution in [-0.2, 0) is 0 Å². The van der Waals surface area contributed by atoms with Gasteiger partial charge in [0.15, 0.2) is 5.58 Å². The molecule has 0 saturated carbocycles. The molecule has 0 aliphatic heterocycles. The van der Waals surface area contributed by atoms with Crippen LogP contribution < -0.4 is 9.80 Å². The lowest BCUT2D eigenvalue weighted by Crippen LogP contribution is -2.10. The van der Waals surface area contributed by atoms with E-state index in [4.69, 9.17) is 22.7 Å². The van der Waals surface area contributed by atoms with E-state index in [-0.39, 0.29) is 0 Å². The van der Waals surface area contributed by atoms with Crippen molar-refractivity contribution in [1.82, 2.24) is 15.0 Å². The molecule has 1 aliphatic rings. The third kappa shape index (κ3) is 13.1. The quantitative estimate of drug-likeness (QED) is 0.105. The van der Waals surface area contributed by atoms with Crippen molar-refractivity contribution in [2.24, 2.45) is 0 Å². The molecule has 1 atom stereocenters. The highest BCUT2D eigenvalue weighted by molar-refractivity contribution is 6.14. The van der Waals surface area contributed by atoms with E-state index in [2.05, 4.69) is 396 Å². The number of fused-ring (bicyclic) bond motifs is 14. The Balaban J connectivity index is 0.000000142. The second kappa shape index (κ2) is 30.0. The molecular weight excluding hydrogens is 1490 g/mol. The molecule has 0 radical (unpaired) electrons. The first-order valence-corrected chi connectivity index (χ1v) is 41.3. The van der Waals surface area contributed by atoms with Gasteiger partial charge < -0.3 is 27.5 Å². The van der Waals surface area contributed by atoms with Crippen LogP contribution in [0.3, 0.4) is 0 Å². The molecule has 9 heteroatoms. The maximum absolute atomic E-state index is 6.42. The molecule has 0 bridgehead atoms. The van der Waals surface area contributed by atoms with Gasteiger partial charge in [0.25, 0.3) is 0 Å². The molecule has 0 N–H and O–H groups in total. The summed E-state index contributed by atoms with van der Waals surface area (Å²) in [6.45, 7) is 0. The van der Waals surface area contributed by atoms with E-state index >= 15 is 0 Å². The average molecular weight is 1560 g/mol. The van der Waals surface area contributed by atoms with Crippen molar-refractivity contribution < 1.29 is 17.7 Å². The summed E-state index contributed by atoms with van der Waals surface area (Å²) in [6, 6.07) is 138. The summed E-state index contributed by atoms with van der Waals surface area (Å²) in [6.07, 6.45) is 13.2. The molecule has 0 saturated heterocycles. The average Bonchev–Trinajstić information content (AvgIpc) is 1.59. The number of furan rings is 4. The number of benzene rings is 17. The Morgan fingerprint density at radius 3 is 1.24 bits per heavy atom. The summed E-state index contributed by atoms with van der Waals surface area (Å²) in [5, 5.41) is 12.1. The molecule has 0 amide bonds. The summed E-state index contributed by atoms with van der Waals surface area (Å²) >= 11 is 0. The fourth-order valence-electron chi connectivity index (χ4n) is 17.8. The van der Waals surface area contributed by atoms with Crippen molar-refractivity contribution in [1.29, 1.82) is 0 Å². The van der Waals surface area contributed by atoms with E-state index in [9.17, 15) is 0 Å². The fraction of sp³-hybridized carbons (Fsp3) is 0.0177. The van der Waals surface area contributed by atoms with Crippen molar-refractivity contribution >= 4 is 149 Å². The number of anilines is 6. The fourth-order valence-corrected chi connectivity index (χ4v) is 17.8. The van der Waals surface area contributed by atoms with Crippen molar-refractivity contribution in [2.75, 3.05) is 9.80 Å². The Bertz CT molecular complexity index is 7830. The van der Waals surface area contributed by atoms with Crippen LogP contribution >= 0.6 is 0 Å². The van der Waals surface area contributed by atoms with E-state index in [1.165, 1.54) is 49.7 Å². The molecule has 9 nitrogen and oxygen atoms in total. The van der Waals surface area contributed by atoms with E-state index in [1.54, 1.807) is 6.33 Å². The van der Waals surface area contributed by atoms with Gasteiger partial charge in [0.1, 0.15) is 45.4 Å². The molecular formula is C113H73N5O4. The van der Waals surface area contributed by atoms with E-state index in [0.717, 1.165) is 184 Å². The van der Waals surface area contributed by atoms with E-state index in [0.29, 0.717) is 5.92 Å². The maximum Gasteiger partial charge on any atom is 0.153 e. The standard InChI is InChI=1S/C57H40N2O.C56H33N3O3/c1-3-9-39(10-4-1)41-15-19-43(20-16-41)45-23-29-50(30-24-45)59(51-31-25-46(26-32-51)44-21-17-42(18-22-44)40-11-5-2-6-12-40)52-33-27-47(28-34-52)55-37-54-53-35-48-13-7-8-14-49(48)36-56(53)60-57(54)38-58-55;1-3-13-51-44(7-1)46-11-5-9-42(55(46)61-51)35-17-24-40(25-18-35)59(41-26-19-36(20-27-41)43-10-6-12-47-45-8-2-4-14-52(45)62-56(43)47)39-22-15-34(16-23-39)37-21-28-53-48(29-37)49-31-50-38(30-54(49)60-53)32-57-33-58-50/h1-21,23-38,44H,22H2;1-33H. The molecule has 574 valence electrons. The molecule has 122 heavy (non-hydrogen) atoms. The highest BCUT2D eigenvalue weighted by atomic mass is 16.3. The Kier molecular flexibility index (Phi) is 17.5. The summed E-state index contributed by atoms with van der Waals surface area (Å²) in [5.41, 5.74) is 31.3. The number of nitrogens with zero attached hydrogens (tertiary/aromatic N) is 5. The van der Waals surface area contributed by atoms with Gasteiger partial charge in [-0.1, -0.05) is 279 Å². The van der Waals surface area contributed by atoms with Gasteiger partial charge in [-0.3, -0.25) is 4.98 Å². The van der Waals surface area contributed by atoms with Crippen LogP contribution in [0.15, 0.2) is 443 Å². The van der Waals surface area contributed by atoms with Crippen molar-refractivity contribution in [3.63, 3.8) is 0 Å².